The van der Waals surface area contributed by atoms with Crippen LogP contribution in [-0.4, -0.2) is 20.2 Å². The Hall–Kier alpha value is -2.05. The summed E-state index contributed by atoms with van der Waals surface area (Å²) in [6, 6.07) is 6.52. The molecule has 2 aliphatic rings. The zero-order chi connectivity index (χ0) is 14.9. The molecule has 3 rings (SSSR count). The predicted octanol–water partition coefficient (Wildman–Crippen LogP) is 2.63. The zero-order valence-electron chi connectivity index (χ0n) is 11.5. The third-order valence-electron chi connectivity index (χ3n) is 3.20. The highest BCUT2D eigenvalue weighted by Gasteiger charge is 2.23. The summed E-state index contributed by atoms with van der Waals surface area (Å²) in [6.45, 7) is 1.71. The van der Waals surface area contributed by atoms with Gasteiger partial charge in [-0.1, -0.05) is 29.8 Å². The summed E-state index contributed by atoms with van der Waals surface area (Å²) in [5.41, 5.74) is 2.00. The summed E-state index contributed by atoms with van der Waals surface area (Å²) < 4.78 is 29.2. The molecule has 1 heterocycles. The van der Waals surface area contributed by atoms with E-state index in [1.807, 2.05) is 25.2 Å². The van der Waals surface area contributed by atoms with Crippen molar-refractivity contribution < 1.29 is 17.4 Å². The number of allylic oxidation sites excluding steroid dienone is 4. The summed E-state index contributed by atoms with van der Waals surface area (Å²) in [7, 11) is -3.78. The largest absolute Gasteiger partial charge is 0.377 e. The van der Waals surface area contributed by atoms with Crippen LogP contribution in [0, 0.1) is 6.92 Å². The first-order chi connectivity index (χ1) is 10.0. The van der Waals surface area contributed by atoms with Gasteiger partial charge in [0.05, 0.1) is 4.90 Å². The van der Waals surface area contributed by atoms with Crippen molar-refractivity contribution in [3.05, 3.63) is 65.6 Å². The van der Waals surface area contributed by atoms with Gasteiger partial charge in [0.15, 0.2) is 12.5 Å². The minimum atomic E-state index is -3.78. The van der Waals surface area contributed by atoms with Gasteiger partial charge in [0.1, 0.15) is 0 Å². The van der Waals surface area contributed by atoms with Crippen LogP contribution in [0.2, 0.25) is 0 Å². The van der Waals surface area contributed by atoms with Crippen molar-refractivity contribution in [2.24, 2.45) is 0 Å². The second-order valence-electron chi connectivity index (χ2n) is 4.84. The highest BCUT2D eigenvalue weighted by molar-refractivity contribution is 7.86. The Morgan fingerprint density at radius 2 is 2.05 bits per heavy atom. The fraction of sp³-hybridized carbons (Fsp3) is 0.200. The lowest BCUT2D eigenvalue weighted by Gasteiger charge is -2.15. The molecule has 110 valence electrons. The van der Waals surface area contributed by atoms with Gasteiger partial charge in [-0.2, -0.15) is 13.5 Å². The van der Waals surface area contributed by atoms with E-state index in [1.165, 1.54) is 17.2 Å². The molecule has 1 aromatic carbocycles. The van der Waals surface area contributed by atoms with Gasteiger partial charge in [-0.15, -0.1) is 0 Å². The van der Waals surface area contributed by atoms with E-state index in [0.717, 1.165) is 23.3 Å². The molecule has 6 heteroatoms. The van der Waals surface area contributed by atoms with Gasteiger partial charge in [0, 0.05) is 11.8 Å². The first kappa shape index (κ1) is 13.9. The molecule has 0 radical (unpaired) electrons. The fourth-order valence-electron chi connectivity index (χ4n) is 2.05. The number of rotatable bonds is 4. The molecule has 5 nitrogen and oxygen atoms in total. The molecule has 0 amide bonds. The lowest BCUT2D eigenvalue weighted by molar-refractivity contribution is -0.0976. The van der Waals surface area contributed by atoms with Crippen molar-refractivity contribution in [3.63, 3.8) is 0 Å². The van der Waals surface area contributed by atoms with E-state index in [4.69, 9.17) is 9.02 Å². The first-order valence-corrected chi connectivity index (χ1v) is 7.94. The van der Waals surface area contributed by atoms with Crippen LogP contribution in [0.4, 0.5) is 0 Å². The molecular weight excluding hydrogens is 290 g/mol. The topological polar surface area (TPSA) is 55.8 Å². The quantitative estimate of drug-likeness (QED) is 0.800. The van der Waals surface area contributed by atoms with Crippen molar-refractivity contribution in [3.8, 4) is 0 Å². The van der Waals surface area contributed by atoms with Gasteiger partial charge in [-0.3, -0.25) is 0 Å². The van der Waals surface area contributed by atoms with E-state index < -0.39 is 10.1 Å². The highest BCUT2D eigenvalue weighted by Crippen LogP contribution is 2.28. The maximum absolute atomic E-state index is 12.1. The Kier molecular flexibility index (Phi) is 3.57. The molecule has 0 saturated heterocycles. The lowest BCUT2D eigenvalue weighted by atomic mass is 10.1. The van der Waals surface area contributed by atoms with Gasteiger partial charge in [-0.05, 0) is 31.6 Å². The average molecular weight is 305 g/mol. The Morgan fingerprint density at radius 1 is 1.29 bits per heavy atom. The molecular formula is C15H15NO4S. The minimum absolute atomic E-state index is 0.137. The van der Waals surface area contributed by atoms with Crippen molar-refractivity contribution in [1.82, 2.24) is 5.06 Å². The van der Waals surface area contributed by atoms with Crippen molar-refractivity contribution >= 4 is 10.1 Å². The highest BCUT2D eigenvalue weighted by atomic mass is 32.2. The lowest BCUT2D eigenvalue weighted by Crippen LogP contribution is -2.20. The van der Waals surface area contributed by atoms with Crippen molar-refractivity contribution in [2.45, 2.75) is 18.2 Å². The standard InChI is InChI=1S/C15H15NO4S/c1-12-6-8-14(9-7-12)21(17,18)19-11-16-10-13-4-2-3-5-15(13)20-16/h2-3,5-10H,4,11H2,1H3. The van der Waals surface area contributed by atoms with Crippen LogP contribution in [0.3, 0.4) is 0 Å². The first-order valence-electron chi connectivity index (χ1n) is 6.53. The van der Waals surface area contributed by atoms with E-state index in [1.54, 1.807) is 18.3 Å². The van der Waals surface area contributed by atoms with E-state index in [-0.39, 0.29) is 11.6 Å². The molecule has 0 fully saturated rings. The van der Waals surface area contributed by atoms with Gasteiger partial charge < -0.3 is 4.84 Å². The van der Waals surface area contributed by atoms with E-state index >= 15 is 0 Å². The summed E-state index contributed by atoms with van der Waals surface area (Å²) in [6.07, 6.45) is 8.27. The Bertz CT molecular complexity index is 729. The van der Waals surface area contributed by atoms with Gasteiger partial charge in [-0.25, -0.2) is 4.18 Å². The monoisotopic (exact) mass is 305 g/mol. The Labute approximate surface area is 123 Å². The van der Waals surface area contributed by atoms with E-state index in [9.17, 15) is 8.42 Å². The average Bonchev–Trinajstić information content (AvgIpc) is 2.89. The van der Waals surface area contributed by atoms with Crippen LogP contribution in [0.1, 0.15) is 12.0 Å². The summed E-state index contributed by atoms with van der Waals surface area (Å²) in [5, 5.41) is 1.37. The summed E-state index contributed by atoms with van der Waals surface area (Å²) in [5.74, 6) is 0.730. The van der Waals surface area contributed by atoms with Crippen molar-refractivity contribution in [2.75, 3.05) is 6.73 Å². The molecule has 0 bridgehead atoms. The number of aryl methyl sites for hydroxylation is 1. The number of hydroxylamine groups is 2. The maximum atomic E-state index is 12.1. The molecule has 0 N–H and O–H groups in total. The zero-order valence-corrected chi connectivity index (χ0v) is 12.3. The normalized spacial score (nSPS) is 17.1. The number of fused-ring (bicyclic) bond motifs is 1. The minimum Gasteiger partial charge on any atom is -0.377 e. The number of benzene rings is 1. The molecule has 21 heavy (non-hydrogen) atoms. The van der Waals surface area contributed by atoms with Gasteiger partial charge in [0.2, 0.25) is 0 Å². The fourth-order valence-corrected chi connectivity index (χ4v) is 2.90. The molecule has 1 aliphatic carbocycles. The summed E-state index contributed by atoms with van der Waals surface area (Å²) >= 11 is 0. The molecule has 0 spiro atoms. The van der Waals surface area contributed by atoms with Crippen LogP contribution in [0.25, 0.3) is 0 Å². The van der Waals surface area contributed by atoms with Crippen LogP contribution in [-0.2, 0) is 19.1 Å². The smallest absolute Gasteiger partial charge is 0.298 e. The summed E-state index contributed by atoms with van der Waals surface area (Å²) in [4.78, 5) is 5.61. The second kappa shape index (κ2) is 5.38. The van der Waals surface area contributed by atoms with Crippen LogP contribution < -0.4 is 0 Å². The SMILES string of the molecule is Cc1ccc(S(=O)(=O)OCN2C=C3CC=CC=C3O2)cc1. The Morgan fingerprint density at radius 3 is 2.76 bits per heavy atom. The van der Waals surface area contributed by atoms with Gasteiger partial charge in [0.25, 0.3) is 10.1 Å². The molecule has 0 unspecified atom stereocenters. The van der Waals surface area contributed by atoms with Crippen LogP contribution >= 0.6 is 0 Å². The second-order valence-corrected chi connectivity index (χ2v) is 6.46. The number of hydrogen-bond donors (Lipinski definition) is 0. The van der Waals surface area contributed by atoms with E-state index in [0.29, 0.717) is 0 Å². The van der Waals surface area contributed by atoms with Crippen LogP contribution in [0.15, 0.2) is 64.9 Å². The van der Waals surface area contributed by atoms with Crippen LogP contribution in [0.5, 0.6) is 0 Å². The molecule has 0 saturated carbocycles. The third kappa shape index (κ3) is 3.01. The molecule has 0 aromatic heterocycles. The number of nitrogens with zero attached hydrogens (tertiary/aromatic N) is 1. The molecule has 1 aliphatic heterocycles. The third-order valence-corrected chi connectivity index (χ3v) is 4.46. The van der Waals surface area contributed by atoms with Crippen molar-refractivity contribution in [1.29, 1.82) is 0 Å². The Balaban J connectivity index is 1.65. The molecule has 1 aromatic rings. The molecule has 0 atom stereocenters. The number of hydrogen-bond acceptors (Lipinski definition) is 5. The van der Waals surface area contributed by atoms with E-state index in [2.05, 4.69) is 0 Å². The predicted molar refractivity (Wildman–Crippen MR) is 77.2 cm³/mol. The maximum Gasteiger partial charge on any atom is 0.298 e. The van der Waals surface area contributed by atoms with Gasteiger partial charge >= 0.3 is 0 Å².